The van der Waals surface area contributed by atoms with Crippen molar-refractivity contribution in [3.05, 3.63) is 33.8 Å². The molecule has 0 bridgehead atoms. The van der Waals surface area contributed by atoms with E-state index in [9.17, 15) is 8.78 Å². The molecule has 1 aromatic carbocycles. The average molecular weight is 354 g/mol. The molecule has 0 heterocycles. The second-order valence-electron chi connectivity index (χ2n) is 4.91. The predicted octanol–water partition coefficient (Wildman–Crippen LogP) is 5.21. The fourth-order valence-corrected chi connectivity index (χ4v) is 3.17. The molecule has 106 valence electrons. The highest BCUT2D eigenvalue weighted by atomic mass is 79.9. The van der Waals surface area contributed by atoms with Crippen molar-refractivity contribution in [1.29, 1.82) is 0 Å². The van der Waals surface area contributed by atoms with Gasteiger partial charge in [-0.3, -0.25) is 0 Å². The third kappa shape index (κ3) is 3.67. The van der Waals surface area contributed by atoms with Crippen LogP contribution in [0.4, 0.5) is 8.78 Å². The van der Waals surface area contributed by atoms with Crippen LogP contribution in [0.2, 0.25) is 0 Å². The Morgan fingerprint density at radius 2 is 2.05 bits per heavy atom. The smallest absolute Gasteiger partial charge is 0.137 e. The van der Waals surface area contributed by atoms with Crippen LogP contribution in [0.5, 0.6) is 0 Å². The van der Waals surface area contributed by atoms with Crippen LogP contribution in [0.1, 0.15) is 37.1 Å². The van der Waals surface area contributed by atoms with Crippen molar-refractivity contribution in [2.24, 2.45) is 5.92 Å². The molecule has 1 unspecified atom stereocenters. The molecule has 0 radical (unpaired) electrons. The summed E-state index contributed by atoms with van der Waals surface area (Å²) in [6.45, 7) is 2.69. The van der Waals surface area contributed by atoms with Crippen molar-refractivity contribution in [1.82, 2.24) is 0 Å². The molecule has 1 saturated carbocycles. The molecule has 1 aliphatic carbocycles. The number of benzene rings is 1. The van der Waals surface area contributed by atoms with Gasteiger partial charge < -0.3 is 4.74 Å². The molecule has 19 heavy (non-hydrogen) atoms. The molecule has 0 amide bonds. The summed E-state index contributed by atoms with van der Waals surface area (Å²) in [5, 5.41) is -0.491. The maximum Gasteiger partial charge on any atom is 0.137 e. The highest BCUT2D eigenvalue weighted by Crippen LogP contribution is 2.40. The molecule has 1 atom stereocenters. The molecule has 2 rings (SSSR count). The summed E-state index contributed by atoms with van der Waals surface area (Å²) in [6, 6.07) is 2.31. The normalized spacial score (nSPS) is 24.1. The fraction of sp³-hybridized carbons (Fsp3) is 0.571. The topological polar surface area (TPSA) is 9.23 Å². The fourth-order valence-electron chi connectivity index (χ4n) is 2.44. The van der Waals surface area contributed by atoms with E-state index in [1.54, 1.807) is 0 Å². The van der Waals surface area contributed by atoms with Crippen molar-refractivity contribution >= 4 is 27.5 Å². The first kappa shape index (κ1) is 15.2. The van der Waals surface area contributed by atoms with Gasteiger partial charge in [0, 0.05) is 12.2 Å². The van der Waals surface area contributed by atoms with E-state index in [2.05, 4.69) is 15.9 Å². The largest absolute Gasteiger partial charge is 0.378 e. The van der Waals surface area contributed by atoms with Gasteiger partial charge in [0.05, 0.1) is 16.0 Å². The first-order chi connectivity index (χ1) is 9.01. The van der Waals surface area contributed by atoms with Crippen molar-refractivity contribution in [3.8, 4) is 0 Å². The minimum atomic E-state index is -0.491. The summed E-state index contributed by atoms with van der Waals surface area (Å²) < 4.78 is 32.8. The van der Waals surface area contributed by atoms with E-state index in [4.69, 9.17) is 16.3 Å². The molecule has 0 spiro atoms. The van der Waals surface area contributed by atoms with Crippen LogP contribution >= 0.6 is 27.5 Å². The Hall–Kier alpha value is -0.190. The maximum atomic E-state index is 13.7. The monoisotopic (exact) mass is 352 g/mol. The van der Waals surface area contributed by atoms with Crippen molar-refractivity contribution in [2.75, 3.05) is 6.61 Å². The lowest BCUT2D eigenvalue weighted by Gasteiger charge is -2.36. The maximum absolute atomic E-state index is 13.7. The zero-order valence-electron chi connectivity index (χ0n) is 10.6. The highest BCUT2D eigenvalue weighted by molar-refractivity contribution is 9.10. The van der Waals surface area contributed by atoms with E-state index < -0.39 is 17.0 Å². The lowest BCUT2D eigenvalue weighted by atomic mass is 9.78. The van der Waals surface area contributed by atoms with Crippen LogP contribution in [-0.4, -0.2) is 12.7 Å². The number of halogens is 4. The third-order valence-electron chi connectivity index (χ3n) is 3.51. The summed E-state index contributed by atoms with van der Waals surface area (Å²) in [7, 11) is 0. The van der Waals surface area contributed by atoms with Gasteiger partial charge >= 0.3 is 0 Å². The predicted molar refractivity (Wildman–Crippen MR) is 75.4 cm³/mol. The summed E-state index contributed by atoms with van der Waals surface area (Å²) in [5.41, 5.74) is 0.238. The molecule has 0 saturated heterocycles. The molecule has 5 heteroatoms. The first-order valence-corrected chi connectivity index (χ1v) is 7.64. The Kier molecular flexibility index (Phi) is 5.21. The van der Waals surface area contributed by atoms with E-state index in [-0.39, 0.29) is 10.0 Å². The number of hydrogen-bond acceptors (Lipinski definition) is 1. The Morgan fingerprint density at radius 1 is 1.37 bits per heavy atom. The van der Waals surface area contributed by atoms with Crippen LogP contribution in [0.25, 0.3) is 0 Å². The molecule has 1 nitrogen and oxygen atoms in total. The Labute approximate surface area is 125 Å². The molecule has 0 aromatic heterocycles. The summed E-state index contributed by atoms with van der Waals surface area (Å²) in [4.78, 5) is 0. The van der Waals surface area contributed by atoms with Crippen molar-refractivity contribution in [3.63, 3.8) is 0 Å². The summed E-state index contributed by atoms with van der Waals surface area (Å²) >= 11 is 9.16. The summed E-state index contributed by atoms with van der Waals surface area (Å²) in [5.74, 6) is -0.512. The van der Waals surface area contributed by atoms with E-state index in [1.165, 1.54) is 6.07 Å². The Morgan fingerprint density at radius 3 is 2.68 bits per heavy atom. The van der Waals surface area contributed by atoms with Crippen molar-refractivity contribution in [2.45, 2.75) is 37.7 Å². The van der Waals surface area contributed by atoms with Crippen molar-refractivity contribution < 1.29 is 13.5 Å². The molecule has 1 aliphatic rings. The molecule has 0 aliphatic heterocycles. The minimum Gasteiger partial charge on any atom is -0.378 e. The second kappa shape index (κ2) is 6.51. The molecular formula is C14H16BrClF2O. The standard InChI is InChI=1S/C14H16BrClF2O/c1-2-19-9-3-8(4-9)5-12(16)10-6-14(18)11(15)7-13(10)17/h6-9,12H,2-5H2,1H3. The van der Waals surface area contributed by atoms with Crippen LogP contribution < -0.4 is 0 Å². The molecule has 1 fully saturated rings. The quantitative estimate of drug-likeness (QED) is 0.521. The molecule has 1 aromatic rings. The molecule has 0 N–H and O–H groups in total. The average Bonchev–Trinajstić information content (AvgIpc) is 2.31. The van der Waals surface area contributed by atoms with Gasteiger partial charge in [-0.25, -0.2) is 8.78 Å². The van der Waals surface area contributed by atoms with Gasteiger partial charge in [0.2, 0.25) is 0 Å². The van der Waals surface area contributed by atoms with Gasteiger partial charge in [-0.05, 0) is 60.2 Å². The van der Waals surface area contributed by atoms with Gasteiger partial charge in [-0.1, -0.05) is 0 Å². The number of hydrogen-bond donors (Lipinski definition) is 0. The lowest BCUT2D eigenvalue weighted by molar-refractivity contribution is -0.0267. The van der Waals surface area contributed by atoms with E-state index in [0.29, 0.717) is 25.0 Å². The second-order valence-corrected chi connectivity index (χ2v) is 6.29. The Bertz CT molecular complexity index is 449. The minimum absolute atomic E-state index is 0.123. The van der Waals surface area contributed by atoms with Gasteiger partial charge in [-0.2, -0.15) is 0 Å². The van der Waals surface area contributed by atoms with Gasteiger partial charge in [-0.15, -0.1) is 11.6 Å². The van der Waals surface area contributed by atoms with Crippen LogP contribution in [-0.2, 0) is 4.74 Å². The zero-order chi connectivity index (χ0) is 14.0. The van der Waals surface area contributed by atoms with E-state index in [1.807, 2.05) is 6.92 Å². The van der Waals surface area contributed by atoms with Gasteiger partial charge in [0.1, 0.15) is 11.6 Å². The number of alkyl halides is 1. The highest BCUT2D eigenvalue weighted by Gasteiger charge is 2.32. The van der Waals surface area contributed by atoms with Gasteiger partial charge in [0.25, 0.3) is 0 Å². The number of ether oxygens (including phenoxy) is 1. The SMILES string of the molecule is CCOC1CC(CC(Cl)c2cc(F)c(Br)cc2F)C1. The van der Waals surface area contributed by atoms with Crippen LogP contribution in [0.15, 0.2) is 16.6 Å². The van der Waals surface area contributed by atoms with E-state index >= 15 is 0 Å². The van der Waals surface area contributed by atoms with Gasteiger partial charge in [0.15, 0.2) is 0 Å². The first-order valence-electron chi connectivity index (χ1n) is 6.41. The Balaban J connectivity index is 1.94. The lowest BCUT2D eigenvalue weighted by Crippen LogP contribution is -2.32. The number of rotatable bonds is 5. The summed E-state index contributed by atoms with van der Waals surface area (Å²) in [6.07, 6.45) is 2.88. The zero-order valence-corrected chi connectivity index (χ0v) is 13.0. The van der Waals surface area contributed by atoms with Crippen LogP contribution in [0.3, 0.4) is 0 Å². The van der Waals surface area contributed by atoms with Crippen LogP contribution in [0, 0.1) is 17.6 Å². The third-order valence-corrected chi connectivity index (χ3v) is 4.53. The van der Waals surface area contributed by atoms with E-state index in [0.717, 1.165) is 18.9 Å². The molecular weight excluding hydrogens is 338 g/mol.